The Hall–Kier alpha value is -2.04. The quantitative estimate of drug-likeness (QED) is 0.504. The predicted octanol–water partition coefficient (Wildman–Crippen LogP) is 5.24. The molecule has 27 heavy (non-hydrogen) atoms. The standard InChI is InChI=1S/C22H28ClN3O/c1-4-19(25(5-2)6-3)16-27-22-20-14-18(23)12-13-21(20)26(24-22)15-17-10-8-7-9-11-17/h7-14,19H,4-6,15-16H2,1-3H3. The van der Waals surface area contributed by atoms with Crippen molar-refractivity contribution in [2.75, 3.05) is 19.7 Å². The van der Waals surface area contributed by atoms with Gasteiger partial charge in [0.05, 0.1) is 17.4 Å². The molecule has 1 atom stereocenters. The smallest absolute Gasteiger partial charge is 0.240 e. The highest BCUT2D eigenvalue weighted by Crippen LogP contribution is 2.29. The fraction of sp³-hybridized carbons (Fsp3) is 0.409. The third kappa shape index (κ3) is 4.63. The maximum Gasteiger partial charge on any atom is 0.240 e. The molecule has 1 heterocycles. The van der Waals surface area contributed by atoms with Crippen LogP contribution in [0.25, 0.3) is 10.9 Å². The molecular weight excluding hydrogens is 358 g/mol. The largest absolute Gasteiger partial charge is 0.475 e. The molecule has 0 aliphatic rings. The highest BCUT2D eigenvalue weighted by atomic mass is 35.5. The second kappa shape index (κ2) is 9.25. The van der Waals surface area contributed by atoms with Crippen LogP contribution in [0.15, 0.2) is 48.5 Å². The monoisotopic (exact) mass is 385 g/mol. The highest BCUT2D eigenvalue weighted by Gasteiger charge is 2.18. The van der Waals surface area contributed by atoms with Crippen LogP contribution in [-0.4, -0.2) is 40.4 Å². The SMILES string of the molecule is CCC(COc1nn(Cc2ccccc2)c2ccc(Cl)cc12)N(CC)CC. The summed E-state index contributed by atoms with van der Waals surface area (Å²) in [6.07, 6.45) is 1.05. The van der Waals surface area contributed by atoms with Crippen molar-refractivity contribution >= 4 is 22.5 Å². The Kier molecular flexibility index (Phi) is 6.75. The number of hydrogen-bond acceptors (Lipinski definition) is 3. The summed E-state index contributed by atoms with van der Waals surface area (Å²) in [5.41, 5.74) is 2.24. The third-order valence-corrected chi connectivity index (χ3v) is 5.30. The average molecular weight is 386 g/mol. The van der Waals surface area contributed by atoms with Crippen LogP contribution in [0, 0.1) is 0 Å². The van der Waals surface area contributed by atoms with Crippen LogP contribution >= 0.6 is 11.6 Å². The molecule has 0 aliphatic carbocycles. The molecule has 3 aromatic rings. The highest BCUT2D eigenvalue weighted by molar-refractivity contribution is 6.31. The zero-order valence-electron chi connectivity index (χ0n) is 16.4. The molecule has 0 saturated carbocycles. The first-order chi connectivity index (χ1) is 13.2. The Morgan fingerprint density at radius 2 is 1.81 bits per heavy atom. The molecule has 4 nitrogen and oxygen atoms in total. The summed E-state index contributed by atoms with van der Waals surface area (Å²) in [5, 5.41) is 6.42. The van der Waals surface area contributed by atoms with Gasteiger partial charge in [0.2, 0.25) is 5.88 Å². The molecule has 0 saturated heterocycles. The Morgan fingerprint density at radius 1 is 1.07 bits per heavy atom. The second-order valence-electron chi connectivity index (χ2n) is 6.70. The van der Waals surface area contributed by atoms with Gasteiger partial charge in [-0.25, -0.2) is 0 Å². The molecule has 0 aliphatic heterocycles. The van der Waals surface area contributed by atoms with E-state index >= 15 is 0 Å². The van der Waals surface area contributed by atoms with Crippen molar-refractivity contribution in [3.63, 3.8) is 0 Å². The zero-order chi connectivity index (χ0) is 19.2. The lowest BCUT2D eigenvalue weighted by atomic mass is 10.2. The van der Waals surface area contributed by atoms with Crippen LogP contribution in [0.2, 0.25) is 5.02 Å². The van der Waals surface area contributed by atoms with Crippen LogP contribution in [0.5, 0.6) is 5.88 Å². The summed E-state index contributed by atoms with van der Waals surface area (Å²) in [6.45, 7) is 9.96. The van der Waals surface area contributed by atoms with E-state index in [1.54, 1.807) is 0 Å². The number of rotatable bonds is 9. The molecule has 0 N–H and O–H groups in total. The van der Waals surface area contributed by atoms with Gasteiger partial charge in [0.1, 0.15) is 6.61 Å². The first kappa shape index (κ1) is 19.7. The topological polar surface area (TPSA) is 30.3 Å². The fourth-order valence-corrected chi connectivity index (χ4v) is 3.67. The lowest BCUT2D eigenvalue weighted by Gasteiger charge is -2.28. The van der Waals surface area contributed by atoms with E-state index in [1.165, 1.54) is 5.56 Å². The summed E-state index contributed by atoms with van der Waals surface area (Å²) < 4.78 is 8.19. The van der Waals surface area contributed by atoms with Gasteiger partial charge >= 0.3 is 0 Å². The Balaban J connectivity index is 1.87. The molecule has 144 valence electrons. The minimum Gasteiger partial charge on any atom is -0.475 e. The van der Waals surface area contributed by atoms with E-state index in [9.17, 15) is 0 Å². The molecule has 1 unspecified atom stereocenters. The molecule has 0 radical (unpaired) electrons. The van der Waals surface area contributed by atoms with E-state index in [0.29, 0.717) is 30.1 Å². The van der Waals surface area contributed by atoms with Gasteiger partial charge in [0.25, 0.3) is 0 Å². The number of halogens is 1. The van der Waals surface area contributed by atoms with Crippen LogP contribution in [-0.2, 0) is 6.54 Å². The number of benzene rings is 2. The number of hydrogen-bond donors (Lipinski definition) is 0. The number of likely N-dealkylation sites (N-methyl/N-ethyl adjacent to an activating group) is 1. The first-order valence-electron chi connectivity index (χ1n) is 9.73. The predicted molar refractivity (Wildman–Crippen MR) is 113 cm³/mol. The van der Waals surface area contributed by atoms with E-state index in [1.807, 2.05) is 41.1 Å². The summed E-state index contributed by atoms with van der Waals surface area (Å²) in [4.78, 5) is 2.43. The van der Waals surface area contributed by atoms with Gasteiger partial charge in [-0.1, -0.05) is 62.7 Å². The lowest BCUT2D eigenvalue weighted by molar-refractivity contribution is 0.139. The van der Waals surface area contributed by atoms with Gasteiger partial charge in [-0.15, -0.1) is 5.10 Å². The fourth-order valence-electron chi connectivity index (χ4n) is 3.50. The Morgan fingerprint density at radius 3 is 2.48 bits per heavy atom. The molecule has 0 amide bonds. The van der Waals surface area contributed by atoms with E-state index in [2.05, 4.69) is 37.8 Å². The third-order valence-electron chi connectivity index (χ3n) is 5.07. The number of ether oxygens (including phenoxy) is 1. The van der Waals surface area contributed by atoms with E-state index < -0.39 is 0 Å². The van der Waals surface area contributed by atoms with Crippen LogP contribution in [0.3, 0.4) is 0 Å². The van der Waals surface area contributed by atoms with Crippen molar-refractivity contribution < 1.29 is 4.74 Å². The maximum absolute atomic E-state index is 6.24. The zero-order valence-corrected chi connectivity index (χ0v) is 17.1. The Labute approximate surface area is 166 Å². The second-order valence-corrected chi connectivity index (χ2v) is 7.14. The lowest BCUT2D eigenvalue weighted by Crippen LogP contribution is -2.38. The van der Waals surface area contributed by atoms with E-state index in [-0.39, 0.29) is 0 Å². The van der Waals surface area contributed by atoms with Crippen molar-refractivity contribution in [2.24, 2.45) is 0 Å². The molecule has 3 rings (SSSR count). The molecule has 0 fully saturated rings. The molecule has 1 aromatic heterocycles. The molecule has 2 aromatic carbocycles. The van der Waals surface area contributed by atoms with Gasteiger partial charge in [0, 0.05) is 11.1 Å². The summed E-state index contributed by atoms with van der Waals surface area (Å²) in [5.74, 6) is 0.661. The normalized spacial score (nSPS) is 12.6. The van der Waals surface area contributed by atoms with E-state index in [0.717, 1.165) is 30.4 Å². The Bertz CT molecular complexity index is 859. The van der Waals surface area contributed by atoms with Gasteiger partial charge in [0.15, 0.2) is 0 Å². The van der Waals surface area contributed by atoms with Crippen molar-refractivity contribution in [3.05, 3.63) is 59.1 Å². The summed E-state index contributed by atoms with van der Waals surface area (Å²) in [6, 6.07) is 16.6. The minimum atomic E-state index is 0.383. The number of aromatic nitrogens is 2. The maximum atomic E-state index is 6.24. The van der Waals surface area contributed by atoms with Crippen molar-refractivity contribution in [1.29, 1.82) is 0 Å². The number of fused-ring (bicyclic) bond motifs is 1. The van der Waals surface area contributed by atoms with E-state index in [4.69, 9.17) is 21.4 Å². The molecular formula is C22H28ClN3O. The summed E-state index contributed by atoms with van der Waals surface area (Å²) >= 11 is 6.24. The molecule has 0 bridgehead atoms. The van der Waals surface area contributed by atoms with Gasteiger partial charge in [-0.2, -0.15) is 0 Å². The van der Waals surface area contributed by atoms with Crippen molar-refractivity contribution in [1.82, 2.24) is 14.7 Å². The average Bonchev–Trinajstić information content (AvgIpc) is 3.02. The van der Waals surface area contributed by atoms with Crippen molar-refractivity contribution in [2.45, 2.75) is 39.8 Å². The van der Waals surface area contributed by atoms with Crippen LogP contribution < -0.4 is 4.74 Å². The molecule has 5 heteroatoms. The summed E-state index contributed by atoms with van der Waals surface area (Å²) in [7, 11) is 0. The molecule has 0 spiro atoms. The van der Waals surface area contributed by atoms with Gasteiger partial charge in [-0.3, -0.25) is 9.58 Å². The van der Waals surface area contributed by atoms with Gasteiger partial charge < -0.3 is 4.74 Å². The minimum absolute atomic E-state index is 0.383. The van der Waals surface area contributed by atoms with Crippen molar-refractivity contribution in [3.8, 4) is 5.88 Å². The van der Waals surface area contributed by atoms with Gasteiger partial charge in [-0.05, 0) is 43.3 Å². The van der Waals surface area contributed by atoms with Crippen LogP contribution in [0.1, 0.15) is 32.8 Å². The first-order valence-corrected chi connectivity index (χ1v) is 10.1. The number of nitrogens with zero attached hydrogens (tertiary/aromatic N) is 3. The van der Waals surface area contributed by atoms with Crippen LogP contribution in [0.4, 0.5) is 0 Å².